The maximum Gasteiger partial charge on any atom is 0.254 e. The number of nitrogens with one attached hydrogen (secondary N) is 1. The summed E-state index contributed by atoms with van der Waals surface area (Å²) in [6.45, 7) is 2.06. The summed E-state index contributed by atoms with van der Waals surface area (Å²) in [4.78, 5) is 26.4. The normalized spacial score (nSPS) is 19.7. The third kappa shape index (κ3) is 3.81. The number of carbonyl (C=O) groups excluding carboxylic acids is 2. The molecule has 2 heterocycles. The third-order valence-electron chi connectivity index (χ3n) is 4.67. The van der Waals surface area contributed by atoms with Gasteiger partial charge in [0.05, 0.1) is 30.6 Å². The molecule has 0 atom stereocenters. The molecule has 3 rings (SSSR count). The zero-order valence-electron chi connectivity index (χ0n) is 14.1. The molecule has 7 nitrogen and oxygen atoms in total. The molecular formula is C16H22F2N4O3. The number of hydrogen-bond donors (Lipinski definition) is 1. The van der Waals surface area contributed by atoms with Gasteiger partial charge in [0.25, 0.3) is 5.91 Å². The minimum Gasteiger partial charge on any atom is -0.383 e. The summed E-state index contributed by atoms with van der Waals surface area (Å²) in [5, 5.41) is 6.97. The van der Waals surface area contributed by atoms with Gasteiger partial charge in [-0.1, -0.05) is 0 Å². The van der Waals surface area contributed by atoms with E-state index in [0.717, 1.165) is 0 Å². The SMILES string of the molecule is COCCNC(=O)c1cnn2c1CN(C(=O)C1CC(F)(F)C1)CCC2. The van der Waals surface area contributed by atoms with Crippen LogP contribution in [0, 0.1) is 5.92 Å². The summed E-state index contributed by atoms with van der Waals surface area (Å²) < 4.78 is 32.7. The first kappa shape index (κ1) is 17.8. The van der Waals surface area contributed by atoms with Crippen molar-refractivity contribution in [2.75, 3.05) is 26.8 Å². The van der Waals surface area contributed by atoms with E-state index in [1.807, 2.05) is 0 Å². The second-order valence-electron chi connectivity index (χ2n) is 6.55. The molecule has 1 aromatic rings. The number of halogens is 2. The van der Waals surface area contributed by atoms with Crippen molar-refractivity contribution in [1.82, 2.24) is 20.0 Å². The monoisotopic (exact) mass is 356 g/mol. The fourth-order valence-corrected chi connectivity index (χ4v) is 3.27. The highest BCUT2D eigenvalue weighted by atomic mass is 19.3. The van der Waals surface area contributed by atoms with Crippen LogP contribution in [-0.4, -0.2) is 59.2 Å². The van der Waals surface area contributed by atoms with Gasteiger partial charge in [-0.05, 0) is 6.42 Å². The molecule has 138 valence electrons. The Hall–Kier alpha value is -2.03. The molecular weight excluding hydrogens is 334 g/mol. The molecule has 0 unspecified atom stereocenters. The molecule has 25 heavy (non-hydrogen) atoms. The van der Waals surface area contributed by atoms with Crippen LogP contribution in [0.4, 0.5) is 8.78 Å². The number of methoxy groups -OCH3 is 1. The van der Waals surface area contributed by atoms with Crippen LogP contribution in [0.5, 0.6) is 0 Å². The van der Waals surface area contributed by atoms with Crippen molar-refractivity contribution in [1.29, 1.82) is 0 Å². The van der Waals surface area contributed by atoms with Crippen LogP contribution in [0.15, 0.2) is 6.20 Å². The predicted molar refractivity (Wildman–Crippen MR) is 84.1 cm³/mol. The van der Waals surface area contributed by atoms with Gasteiger partial charge in [0, 0.05) is 45.5 Å². The standard InChI is InChI=1S/C16H22F2N4O3/c1-25-6-3-19-14(23)12-9-20-22-5-2-4-21(10-13(12)22)15(24)11-7-16(17,18)8-11/h9,11H,2-8,10H2,1H3,(H,19,23). The molecule has 2 amide bonds. The van der Waals surface area contributed by atoms with E-state index >= 15 is 0 Å². The van der Waals surface area contributed by atoms with Crippen LogP contribution in [-0.2, 0) is 22.6 Å². The minimum absolute atomic E-state index is 0.216. The molecule has 1 N–H and O–H groups in total. The topological polar surface area (TPSA) is 76.5 Å². The summed E-state index contributed by atoms with van der Waals surface area (Å²) in [5.41, 5.74) is 1.06. The van der Waals surface area contributed by atoms with Crippen LogP contribution < -0.4 is 5.32 Å². The largest absolute Gasteiger partial charge is 0.383 e. The molecule has 1 saturated carbocycles. The van der Waals surface area contributed by atoms with Crippen molar-refractivity contribution >= 4 is 11.8 Å². The van der Waals surface area contributed by atoms with Crippen molar-refractivity contribution in [2.24, 2.45) is 5.92 Å². The quantitative estimate of drug-likeness (QED) is 0.800. The average Bonchev–Trinajstić information content (AvgIpc) is 2.82. The summed E-state index contributed by atoms with van der Waals surface area (Å²) in [5.74, 6) is -3.88. The molecule has 1 aromatic heterocycles. The zero-order valence-corrected chi connectivity index (χ0v) is 14.1. The van der Waals surface area contributed by atoms with Crippen LogP contribution in [0.3, 0.4) is 0 Å². The Labute approximate surface area is 144 Å². The average molecular weight is 356 g/mol. The first-order valence-corrected chi connectivity index (χ1v) is 8.40. The molecule has 9 heteroatoms. The highest BCUT2D eigenvalue weighted by molar-refractivity contribution is 5.95. The van der Waals surface area contributed by atoms with Crippen LogP contribution >= 0.6 is 0 Å². The highest BCUT2D eigenvalue weighted by Crippen LogP contribution is 2.43. The van der Waals surface area contributed by atoms with E-state index < -0.39 is 11.8 Å². The van der Waals surface area contributed by atoms with E-state index in [9.17, 15) is 18.4 Å². The van der Waals surface area contributed by atoms with E-state index in [1.165, 1.54) is 6.20 Å². The van der Waals surface area contributed by atoms with E-state index in [-0.39, 0.29) is 31.2 Å². The van der Waals surface area contributed by atoms with Crippen LogP contribution in [0.2, 0.25) is 0 Å². The van der Waals surface area contributed by atoms with Gasteiger partial charge in [0.15, 0.2) is 0 Å². The Balaban J connectivity index is 1.70. The molecule has 1 fully saturated rings. The molecule has 0 bridgehead atoms. The van der Waals surface area contributed by atoms with Crippen molar-refractivity contribution in [3.8, 4) is 0 Å². The number of aryl methyl sites for hydroxylation is 1. The Morgan fingerprint density at radius 1 is 1.40 bits per heavy atom. The van der Waals surface area contributed by atoms with Gasteiger partial charge < -0.3 is 15.0 Å². The maximum absolute atomic E-state index is 13.1. The van der Waals surface area contributed by atoms with Crippen LogP contribution in [0.25, 0.3) is 0 Å². The van der Waals surface area contributed by atoms with E-state index in [2.05, 4.69) is 10.4 Å². The molecule has 0 aromatic carbocycles. The lowest BCUT2D eigenvalue weighted by atomic mass is 9.80. The Morgan fingerprint density at radius 2 is 2.16 bits per heavy atom. The lowest BCUT2D eigenvalue weighted by Gasteiger charge is -2.36. The van der Waals surface area contributed by atoms with Crippen molar-refractivity contribution in [3.05, 3.63) is 17.5 Å². The maximum atomic E-state index is 13.1. The van der Waals surface area contributed by atoms with Crippen molar-refractivity contribution in [3.63, 3.8) is 0 Å². The molecule has 2 aliphatic rings. The van der Waals surface area contributed by atoms with E-state index in [1.54, 1.807) is 16.7 Å². The number of carbonyl (C=O) groups is 2. The minimum atomic E-state index is -2.72. The first-order chi connectivity index (χ1) is 11.9. The summed E-state index contributed by atoms with van der Waals surface area (Å²) >= 11 is 0. The number of fused-ring (bicyclic) bond motifs is 1. The summed E-state index contributed by atoms with van der Waals surface area (Å²) in [7, 11) is 1.55. The second kappa shape index (κ2) is 7.07. The molecule has 0 spiro atoms. The smallest absolute Gasteiger partial charge is 0.254 e. The molecule has 1 aliphatic carbocycles. The summed E-state index contributed by atoms with van der Waals surface area (Å²) in [6, 6.07) is 0. The lowest BCUT2D eigenvalue weighted by molar-refractivity contribution is -0.160. The number of amides is 2. The summed E-state index contributed by atoms with van der Waals surface area (Å²) in [6.07, 6.45) is 1.40. The number of ether oxygens (including phenoxy) is 1. The highest BCUT2D eigenvalue weighted by Gasteiger charge is 2.49. The van der Waals surface area contributed by atoms with Gasteiger partial charge in [0.2, 0.25) is 11.8 Å². The Kier molecular flexibility index (Phi) is 5.03. The number of hydrogen-bond acceptors (Lipinski definition) is 4. The van der Waals surface area contributed by atoms with Gasteiger partial charge in [-0.3, -0.25) is 14.3 Å². The molecule has 1 aliphatic heterocycles. The second-order valence-corrected chi connectivity index (χ2v) is 6.55. The molecule has 0 saturated heterocycles. The number of nitrogens with zero attached hydrogens (tertiary/aromatic N) is 3. The van der Waals surface area contributed by atoms with Gasteiger partial charge in [-0.2, -0.15) is 5.10 Å². The van der Waals surface area contributed by atoms with Crippen molar-refractivity contribution < 1.29 is 23.1 Å². The number of rotatable bonds is 5. The Bertz CT molecular complexity index is 654. The van der Waals surface area contributed by atoms with Gasteiger partial charge in [-0.15, -0.1) is 0 Å². The fourth-order valence-electron chi connectivity index (χ4n) is 3.27. The number of aromatic nitrogens is 2. The predicted octanol–water partition coefficient (Wildman–Crippen LogP) is 1.04. The van der Waals surface area contributed by atoms with E-state index in [4.69, 9.17) is 4.74 Å². The Morgan fingerprint density at radius 3 is 2.84 bits per heavy atom. The van der Waals surface area contributed by atoms with Gasteiger partial charge in [0.1, 0.15) is 0 Å². The first-order valence-electron chi connectivity index (χ1n) is 8.40. The van der Waals surface area contributed by atoms with E-state index in [0.29, 0.717) is 43.9 Å². The molecule has 0 radical (unpaired) electrons. The van der Waals surface area contributed by atoms with Crippen LogP contribution in [0.1, 0.15) is 35.3 Å². The number of alkyl halides is 2. The van der Waals surface area contributed by atoms with Gasteiger partial charge >= 0.3 is 0 Å². The van der Waals surface area contributed by atoms with Gasteiger partial charge in [-0.25, -0.2) is 8.78 Å². The zero-order chi connectivity index (χ0) is 18.0. The third-order valence-corrected chi connectivity index (χ3v) is 4.67. The fraction of sp³-hybridized carbons (Fsp3) is 0.688. The lowest BCUT2D eigenvalue weighted by Crippen LogP contribution is -2.46. The van der Waals surface area contributed by atoms with Crippen molar-refractivity contribution in [2.45, 2.75) is 38.3 Å².